The van der Waals surface area contributed by atoms with Crippen molar-refractivity contribution >= 4 is 5.97 Å². The summed E-state index contributed by atoms with van der Waals surface area (Å²) in [6.45, 7) is -1.75. The number of carboxylic acids is 1. The highest BCUT2D eigenvalue weighted by Gasteiger charge is 2.47. The molecule has 1 heterocycles. The van der Waals surface area contributed by atoms with E-state index < -0.39 is 74.3 Å². The van der Waals surface area contributed by atoms with E-state index in [0.29, 0.717) is 0 Å². The topological polar surface area (TPSA) is 218 Å². The van der Waals surface area contributed by atoms with E-state index in [1.165, 1.54) is 0 Å². The molecule has 9 N–H and O–H groups in total. The molecule has 12 nitrogen and oxygen atoms in total. The standard InChI is InChI=1S/C12H22O12/c13-1-3(15)5(16)8(19)10(11(21)22)24-12-9(20)7(18)6(17)4(2-14)23-12/h3-10,12-20H,1-2H2,(H,21,22)/t3-,4-,5-,6-,7+,8+,9+,10+,12?/m1/s1. The minimum Gasteiger partial charge on any atom is -0.479 e. The van der Waals surface area contributed by atoms with E-state index in [1.807, 2.05) is 0 Å². The fourth-order valence-electron chi connectivity index (χ4n) is 2.12. The summed E-state index contributed by atoms with van der Waals surface area (Å²) in [5, 5.41) is 84.3. The van der Waals surface area contributed by atoms with Crippen LogP contribution in [0.3, 0.4) is 0 Å². The van der Waals surface area contributed by atoms with E-state index in [-0.39, 0.29) is 0 Å². The molecule has 1 fully saturated rings. The Kier molecular flexibility index (Phi) is 7.88. The number of rotatable bonds is 8. The number of ether oxygens (including phenoxy) is 2. The van der Waals surface area contributed by atoms with Crippen LogP contribution in [0.5, 0.6) is 0 Å². The molecule has 1 saturated heterocycles. The van der Waals surface area contributed by atoms with Gasteiger partial charge >= 0.3 is 5.97 Å². The smallest absolute Gasteiger partial charge is 0.335 e. The minimum atomic E-state index is -2.22. The first-order valence-electron chi connectivity index (χ1n) is 6.99. The van der Waals surface area contributed by atoms with Crippen LogP contribution in [-0.4, -0.2) is 120 Å². The Bertz CT molecular complexity index is 403. The zero-order chi connectivity index (χ0) is 18.6. The summed E-state index contributed by atoms with van der Waals surface area (Å²) < 4.78 is 9.76. The van der Waals surface area contributed by atoms with Gasteiger partial charge in [-0.2, -0.15) is 0 Å². The lowest BCUT2D eigenvalue weighted by Crippen LogP contribution is -2.61. The van der Waals surface area contributed by atoms with Crippen molar-refractivity contribution in [2.45, 2.75) is 55.1 Å². The molecule has 1 unspecified atom stereocenters. The summed E-state index contributed by atoms with van der Waals surface area (Å²) in [6.07, 6.45) is -17.1. The van der Waals surface area contributed by atoms with Crippen LogP contribution in [0, 0.1) is 0 Å². The van der Waals surface area contributed by atoms with Gasteiger partial charge in [0.1, 0.15) is 42.7 Å². The van der Waals surface area contributed by atoms with Crippen LogP contribution in [0.1, 0.15) is 0 Å². The summed E-state index contributed by atoms with van der Waals surface area (Å²) in [5.41, 5.74) is 0. The van der Waals surface area contributed by atoms with Gasteiger partial charge in [-0.25, -0.2) is 4.79 Å². The molecule has 0 saturated carbocycles. The van der Waals surface area contributed by atoms with Gasteiger partial charge in [0.2, 0.25) is 0 Å². The summed E-state index contributed by atoms with van der Waals surface area (Å²) in [5.74, 6) is -1.80. The zero-order valence-electron chi connectivity index (χ0n) is 12.4. The molecule has 1 aliphatic heterocycles. The quantitative estimate of drug-likeness (QED) is 0.198. The third-order valence-electron chi connectivity index (χ3n) is 3.61. The summed E-state index contributed by atoms with van der Waals surface area (Å²) in [4.78, 5) is 11.2. The van der Waals surface area contributed by atoms with Crippen molar-refractivity contribution in [1.29, 1.82) is 0 Å². The Hall–Kier alpha value is -0.930. The fraction of sp³-hybridized carbons (Fsp3) is 0.917. The Balaban J connectivity index is 2.89. The molecule has 0 radical (unpaired) electrons. The zero-order valence-corrected chi connectivity index (χ0v) is 12.4. The number of hydrogen-bond donors (Lipinski definition) is 9. The van der Waals surface area contributed by atoms with Gasteiger partial charge in [0.25, 0.3) is 0 Å². The van der Waals surface area contributed by atoms with Crippen molar-refractivity contribution in [3.63, 3.8) is 0 Å². The van der Waals surface area contributed by atoms with Gasteiger partial charge in [-0.1, -0.05) is 0 Å². The normalized spacial score (nSPS) is 35.9. The lowest BCUT2D eigenvalue weighted by Gasteiger charge is -2.41. The molecule has 0 spiro atoms. The average molecular weight is 358 g/mol. The second-order valence-corrected chi connectivity index (χ2v) is 5.32. The van der Waals surface area contributed by atoms with Gasteiger partial charge in [0, 0.05) is 0 Å². The molecule has 142 valence electrons. The van der Waals surface area contributed by atoms with Crippen molar-refractivity contribution in [1.82, 2.24) is 0 Å². The van der Waals surface area contributed by atoms with E-state index in [1.54, 1.807) is 0 Å². The molecule has 1 rings (SSSR count). The molecular weight excluding hydrogens is 336 g/mol. The molecule has 0 aromatic carbocycles. The maximum absolute atomic E-state index is 11.2. The van der Waals surface area contributed by atoms with Gasteiger partial charge in [-0.05, 0) is 0 Å². The highest BCUT2D eigenvalue weighted by Crippen LogP contribution is 2.24. The monoisotopic (exact) mass is 358 g/mol. The third-order valence-corrected chi connectivity index (χ3v) is 3.61. The minimum absolute atomic E-state index is 0.781. The number of carboxylic acid groups (broad SMARTS) is 1. The molecule has 0 bridgehead atoms. The van der Waals surface area contributed by atoms with Crippen molar-refractivity contribution in [2.24, 2.45) is 0 Å². The van der Waals surface area contributed by atoms with Crippen molar-refractivity contribution in [2.75, 3.05) is 13.2 Å². The van der Waals surface area contributed by atoms with Gasteiger partial charge in [-0.15, -0.1) is 0 Å². The Morgan fingerprint density at radius 1 is 1.00 bits per heavy atom. The predicted molar refractivity (Wildman–Crippen MR) is 71.4 cm³/mol. The molecule has 0 aliphatic carbocycles. The van der Waals surface area contributed by atoms with Crippen LogP contribution in [0.4, 0.5) is 0 Å². The molecule has 24 heavy (non-hydrogen) atoms. The van der Waals surface area contributed by atoms with E-state index in [2.05, 4.69) is 0 Å². The molecule has 0 amide bonds. The second-order valence-electron chi connectivity index (χ2n) is 5.32. The molecular formula is C12H22O12. The van der Waals surface area contributed by atoms with Gasteiger partial charge in [-0.3, -0.25) is 0 Å². The number of carbonyl (C=O) groups is 1. The van der Waals surface area contributed by atoms with Crippen molar-refractivity contribution in [3.05, 3.63) is 0 Å². The van der Waals surface area contributed by atoms with E-state index in [9.17, 15) is 35.4 Å². The Morgan fingerprint density at radius 3 is 2.04 bits per heavy atom. The van der Waals surface area contributed by atoms with Crippen LogP contribution >= 0.6 is 0 Å². The Labute approximate surface area is 135 Å². The van der Waals surface area contributed by atoms with Crippen LogP contribution in [0.15, 0.2) is 0 Å². The van der Waals surface area contributed by atoms with Gasteiger partial charge in [0.15, 0.2) is 12.4 Å². The number of aliphatic hydroxyl groups excluding tert-OH is 8. The lowest BCUT2D eigenvalue weighted by atomic mass is 9.99. The highest BCUT2D eigenvalue weighted by atomic mass is 16.7. The van der Waals surface area contributed by atoms with Crippen LogP contribution < -0.4 is 0 Å². The van der Waals surface area contributed by atoms with E-state index >= 15 is 0 Å². The third kappa shape index (κ3) is 4.58. The van der Waals surface area contributed by atoms with Crippen molar-refractivity contribution < 1.29 is 60.2 Å². The molecule has 12 heteroatoms. The molecule has 0 aromatic heterocycles. The first-order valence-corrected chi connectivity index (χ1v) is 6.99. The van der Waals surface area contributed by atoms with Crippen molar-refractivity contribution in [3.8, 4) is 0 Å². The Morgan fingerprint density at radius 2 is 1.58 bits per heavy atom. The lowest BCUT2D eigenvalue weighted by molar-refractivity contribution is -0.318. The summed E-state index contributed by atoms with van der Waals surface area (Å²) >= 11 is 0. The van der Waals surface area contributed by atoms with E-state index in [0.717, 1.165) is 0 Å². The maximum Gasteiger partial charge on any atom is 0.335 e. The fourth-order valence-corrected chi connectivity index (χ4v) is 2.12. The predicted octanol–water partition coefficient (Wildman–Crippen LogP) is -5.67. The molecule has 9 atom stereocenters. The largest absolute Gasteiger partial charge is 0.479 e. The highest BCUT2D eigenvalue weighted by molar-refractivity contribution is 5.73. The number of aliphatic carboxylic acids is 1. The van der Waals surface area contributed by atoms with Crippen LogP contribution in [0.25, 0.3) is 0 Å². The van der Waals surface area contributed by atoms with Gasteiger partial charge < -0.3 is 55.4 Å². The first-order chi connectivity index (χ1) is 11.1. The van der Waals surface area contributed by atoms with E-state index in [4.69, 9.17) is 24.8 Å². The molecule has 1 aliphatic rings. The van der Waals surface area contributed by atoms with Crippen LogP contribution in [-0.2, 0) is 14.3 Å². The maximum atomic E-state index is 11.2. The average Bonchev–Trinajstić information content (AvgIpc) is 2.56. The SMILES string of the molecule is O=C(O)[C@@H](OC1O[C@H](CO)[C@@H](O)[C@H](O)[C@@H]1O)[C@@H](O)[C@H](O)[C@H](O)CO. The van der Waals surface area contributed by atoms with Gasteiger partial charge in [0.05, 0.1) is 13.2 Å². The number of aliphatic hydroxyl groups is 8. The second kappa shape index (κ2) is 8.96. The molecule has 0 aromatic rings. The van der Waals surface area contributed by atoms with Crippen LogP contribution in [0.2, 0.25) is 0 Å². The first kappa shape index (κ1) is 21.1. The summed E-state index contributed by atoms with van der Waals surface area (Å²) in [6, 6.07) is 0. The number of hydrogen-bond acceptors (Lipinski definition) is 11. The summed E-state index contributed by atoms with van der Waals surface area (Å²) in [7, 11) is 0.